The van der Waals surface area contributed by atoms with Crippen molar-refractivity contribution in [3.63, 3.8) is 0 Å². The molecule has 1 aromatic rings. The maximum absolute atomic E-state index is 12.9. The molecule has 0 radical (unpaired) electrons. The van der Waals surface area contributed by atoms with Gasteiger partial charge in [-0.15, -0.1) is 0 Å². The van der Waals surface area contributed by atoms with Gasteiger partial charge in [-0.3, -0.25) is 9.59 Å². The second-order valence-electron chi connectivity index (χ2n) is 7.35. The van der Waals surface area contributed by atoms with E-state index in [4.69, 9.17) is 0 Å². The topological polar surface area (TPSA) is 58.3 Å². The molecule has 2 amide bonds. The average Bonchev–Trinajstić information content (AvgIpc) is 2.66. The number of piperidine rings is 1. The van der Waals surface area contributed by atoms with Crippen molar-refractivity contribution in [2.75, 3.05) is 57.7 Å². The fourth-order valence-electron chi connectivity index (χ4n) is 3.75. The number of hydrogen-bond acceptors (Lipinski definition) is 2. The number of amides is 2. The van der Waals surface area contributed by atoms with Gasteiger partial charge in [-0.2, -0.15) is 0 Å². The number of anilines is 1. The maximum Gasteiger partial charge on any atom is 0.279 e. The van der Waals surface area contributed by atoms with Crippen molar-refractivity contribution in [3.8, 4) is 0 Å². The summed E-state index contributed by atoms with van der Waals surface area (Å²) in [7, 11) is 0. The highest BCUT2D eigenvalue weighted by Gasteiger charge is 2.28. The van der Waals surface area contributed by atoms with Gasteiger partial charge in [-0.25, -0.2) is 4.39 Å². The SMILES string of the molecule is O=C(C[NH+]1CC[NH+](CC(=O)N2CCCCC2)CC1)Nc1ccc(F)cc1. The van der Waals surface area contributed by atoms with Crippen LogP contribution in [0.1, 0.15) is 19.3 Å². The second kappa shape index (κ2) is 9.09. The van der Waals surface area contributed by atoms with Crippen LogP contribution in [0.5, 0.6) is 0 Å². The minimum absolute atomic E-state index is 0.0561. The molecule has 142 valence electrons. The lowest BCUT2D eigenvalue weighted by Crippen LogP contribution is -3.28. The zero-order chi connectivity index (χ0) is 18.4. The smallest absolute Gasteiger partial charge is 0.279 e. The zero-order valence-electron chi connectivity index (χ0n) is 15.2. The molecular formula is C19H29FN4O2+2. The van der Waals surface area contributed by atoms with Crippen molar-refractivity contribution in [3.05, 3.63) is 30.1 Å². The van der Waals surface area contributed by atoms with Gasteiger partial charge in [0.1, 0.15) is 32.0 Å². The lowest BCUT2D eigenvalue weighted by atomic mass is 10.1. The number of rotatable bonds is 5. The molecule has 3 N–H and O–H groups in total. The molecule has 7 heteroatoms. The highest BCUT2D eigenvalue weighted by molar-refractivity contribution is 5.91. The molecule has 2 saturated heterocycles. The largest absolute Gasteiger partial charge is 0.338 e. The van der Waals surface area contributed by atoms with Gasteiger partial charge < -0.3 is 20.0 Å². The number of piperazine rings is 1. The third-order valence-electron chi connectivity index (χ3n) is 5.31. The molecule has 2 aliphatic heterocycles. The molecule has 0 atom stereocenters. The molecule has 2 aliphatic rings. The van der Waals surface area contributed by atoms with Crippen molar-refractivity contribution in [1.29, 1.82) is 0 Å². The van der Waals surface area contributed by atoms with E-state index in [1.54, 1.807) is 12.1 Å². The van der Waals surface area contributed by atoms with E-state index < -0.39 is 0 Å². The standard InChI is InChI=1S/C19H27FN4O2/c20-16-4-6-17(7-5-16)21-18(25)14-22-10-12-23(13-11-22)15-19(26)24-8-2-1-3-9-24/h4-7H,1-3,8-15H2,(H,21,25)/p+2. The first kappa shape index (κ1) is 18.8. The van der Waals surface area contributed by atoms with E-state index in [0.717, 1.165) is 52.1 Å². The van der Waals surface area contributed by atoms with Crippen LogP contribution in [0.4, 0.5) is 10.1 Å². The van der Waals surface area contributed by atoms with Gasteiger partial charge in [0.25, 0.3) is 11.8 Å². The summed E-state index contributed by atoms with van der Waals surface area (Å²) in [4.78, 5) is 29.1. The lowest BCUT2D eigenvalue weighted by Gasteiger charge is -2.31. The van der Waals surface area contributed by atoms with Crippen molar-refractivity contribution in [2.45, 2.75) is 19.3 Å². The van der Waals surface area contributed by atoms with Crippen LogP contribution in [0, 0.1) is 5.82 Å². The number of nitrogens with one attached hydrogen (secondary N) is 3. The molecule has 0 saturated carbocycles. The van der Waals surface area contributed by atoms with Crippen molar-refractivity contribution in [1.82, 2.24) is 4.90 Å². The molecule has 0 unspecified atom stereocenters. The Morgan fingerprint density at radius 1 is 0.923 bits per heavy atom. The molecule has 1 aromatic carbocycles. The minimum Gasteiger partial charge on any atom is -0.338 e. The van der Waals surface area contributed by atoms with Crippen molar-refractivity contribution in [2.24, 2.45) is 0 Å². The Morgan fingerprint density at radius 2 is 1.50 bits per heavy atom. The highest BCUT2D eigenvalue weighted by Crippen LogP contribution is 2.08. The molecule has 6 nitrogen and oxygen atoms in total. The predicted molar refractivity (Wildman–Crippen MR) is 96.6 cm³/mol. The summed E-state index contributed by atoms with van der Waals surface area (Å²) < 4.78 is 12.9. The Bertz CT molecular complexity index is 608. The normalized spacial score (nSPS) is 23.5. The molecule has 26 heavy (non-hydrogen) atoms. The van der Waals surface area contributed by atoms with Crippen LogP contribution in [-0.2, 0) is 9.59 Å². The first-order valence-corrected chi connectivity index (χ1v) is 9.60. The first-order valence-electron chi connectivity index (χ1n) is 9.60. The molecule has 2 fully saturated rings. The third-order valence-corrected chi connectivity index (χ3v) is 5.31. The quantitative estimate of drug-likeness (QED) is 0.600. The Morgan fingerprint density at radius 3 is 2.12 bits per heavy atom. The number of halogens is 1. The van der Waals surface area contributed by atoms with E-state index in [0.29, 0.717) is 18.8 Å². The number of carbonyl (C=O) groups is 2. The summed E-state index contributed by atoms with van der Waals surface area (Å²) in [6, 6.07) is 5.81. The van der Waals surface area contributed by atoms with Gasteiger partial charge >= 0.3 is 0 Å². The summed E-state index contributed by atoms with van der Waals surface area (Å²) in [5, 5.41) is 2.81. The second-order valence-corrected chi connectivity index (χ2v) is 7.35. The number of benzene rings is 1. The van der Waals surface area contributed by atoms with Gasteiger partial charge in [-0.1, -0.05) is 0 Å². The van der Waals surface area contributed by atoms with Crippen LogP contribution >= 0.6 is 0 Å². The van der Waals surface area contributed by atoms with Crippen LogP contribution in [-0.4, -0.2) is 69.1 Å². The van der Waals surface area contributed by atoms with Crippen LogP contribution in [0.15, 0.2) is 24.3 Å². The van der Waals surface area contributed by atoms with Crippen LogP contribution in [0.3, 0.4) is 0 Å². The summed E-state index contributed by atoms with van der Waals surface area (Å²) >= 11 is 0. The van der Waals surface area contributed by atoms with E-state index in [9.17, 15) is 14.0 Å². The molecule has 3 rings (SSSR count). The van der Waals surface area contributed by atoms with Gasteiger partial charge in [0.05, 0.1) is 0 Å². The van der Waals surface area contributed by atoms with E-state index in [1.807, 2.05) is 4.90 Å². The van der Waals surface area contributed by atoms with E-state index in [1.165, 1.54) is 28.4 Å². The van der Waals surface area contributed by atoms with Crippen LogP contribution in [0.25, 0.3) is 0 Å². The fourth-order valence-corrected chi connectivity index (χ4v) is 3.75. The molecule has 0 aromatic heterocycles. The van der Waals surface area contributed by atoms with Crippen LogP contribution in [0.2, 0.25) is 0 Å². The first-order chi connectivity index (χ1) is 12.6. The number of nitrogens with zero attached hydrogens (tertiary/aromatic N) is 1. The minimum atomic E-state index is -0.313. The molecule has 0 bridgehead atoms. The molecular weight excluding hydrogens is 335 g/mol. The van der Waals surface area contributed by atoms with E-state index >= 15 is 0 Å². The fraction of sp³-hybridized carbons (Fsp3) is 0.579. The number of carbonyl (C=O) groups excluding carboxylic acids is 2. The average molecular weight is 364 g/mol. The molecule has 0 aliphatic carbocycles. The van der Waals surface area contributed by atoms with Crippen LogP contribution < -0.4 is 15.1 Å². The maximum atomic E-state index is 12.9. The zero-order valence-corrected chi connectivity index (χ0v) is 15.2. The highest BCUT2D eigenvalue weighted by atomic mass is 19.1. The summed E-state index contributed by atoms with van der Waals surface area (Å²) in [6.07, 6.45) is 3.49. The predicted octanol–water partition coefficient (Wildman–Crippen LogP) is -1.44. The Labute approximate surface area is 153 Å². The van der Waals surface area contributed by atoms with Crippen molar-refractivity contribution >= 4 is 17.5 Å². The van der Waals surface area contributed by atoms with Gasteiger partial charge in [0.2, 0.25) is 0 Å². The van der Waals surface area contributed by atoms with Gasteiger partial charge in [0.15, 0.2) is 13.1 Å². The summed E-state index contributed by atoms with van der Waals surface area (Å²) in [5.74, 6) is -0.0940. The summed E-state index contributed by atoms with van der Waals surface area (Å²) in [5.41, 5.74) is 0.618. The van der Waals surface area contributed by atoms with E-state index in [2.05, 4.69) is 5.32 Å². The third kappa shape index (κ3) is 5.51. The monoisotopic (exact) mass is 364 g/mol. The van der Waals surface area contributed by atoms with Gasteiger partial charge in [0, 0.05) is 18.8 Å². The summed E-state index contributed by atoms with van der Waals surface area (Å²) in [6.45, 7) is 6.41. The lowest BCUT2D eigenvalue weighted by molar-refractivity contribution is -1.00. The number of quaternary nitrogens is 2. The van der Waals surface area contributed by atoms with Gasteiger partial charge in [-0.05, 0) is 43.5 Å². The Balaban J connectivity index is 1.37. The number of hydrogen-bond donors (Lipinski definition) is 3. The Kier molecular flexibility index (Phi) is 6.57. The molecule has 2 heterocycles. The molecule has 0 spiro atoms. The number of likely N-dealkylation sites (tertiary alicyclic amines) is 1. The van der Waals surface area contributed by atoms with E-state index in [-0.39, 0.29) is 17.6 Å². The van der Waals surface area contributed by atoms with Crippen molar-refractivity contribution < 1.29 is 23.8 Å². The Hall–Kier alpha value is -1.99.